The van der Waals surface area contributed by atoms with E-state index in [4.69, 9.17) is 0 Å². The van der Waals surface area contributed by atoms with Gasteiger partial charge < -0.3 is 10.3 Å². The van der Waals surface area contributed by atoms with E-state index in [0.717, 1.165) is 11.1 Å². The van der Waals surface area contributed by atoms with Crippen LogP contribution in [0.25, 0.3) is 10.2 Å². The van der Waals surface area contributed by atoms with Gasteiger partial charge in [-0.15, -0.1) is 11.3 Å². The summed E-state index contributed by atoms with van der Waals surface area (Å²) in [7, 11) is 0. The van der Waals surface area contributed by atoms with Gasteiger partial charge in [-0.3, -0.25) is 9.78 Å². The summed E-state index contributed by atoms with van der Waals surface area (Å²) in [6.45, 7) is 2.58. The highest BCUT2D eigenvalue weighted by molar-refractivity contribution is 7.17. The molecule has 0 bridgehead atoms. The fourth-order valence-corrected chi connectivity index (χ4v) is 2.75. The van der Waals surface area contributed by atoms with Crippen molar-refractivity contribution in [2.24, 2.45) is 0 Å². The number of fused-ring (bicyclic) bond motifs is 1. The molecular weight excluding hydrogens is 272 g/mol. The Hall–Kier alpha value is -2.05. The number of nitrogens with one attached hydrogen (secondary N) is 2. The number of hydrogen-bond donors (Lipinski definition) is 2. The van der Waals surface area contributed by atoms with Gasteiger partial charge in [-0.05, 0) is 36.1 Å². The third-order valence-corrected chi connectivity index (χ3v) is 4.05. The quantitative estimate of drug-likeness (QED) is 0.771. The lowest BCUT2D eigenvalue weighted by molar-refractivity contribution is 0.559. The van der Waals surface area contributed by atoms with E-state index in [1.54, 1.807) is 12.4 Å². The van der Waals surface area contributed by atoms with Gasteiger partial charge in [0.25, 0.3) is 5.56 Å². The Balaban J connectivity index is 1.75. The van der Waals surface area contributed by atoms with Crippen LogP contribution in [0.1, 0.15) is 24.4 Å². The third-order valence-electron chi connectivity index (χ3n) is 3.15. The van der Waals surface area contributed by atoms with Crippen LogP contribution in [-0.4, -0.2) is 15.0 Å². The van der Waals surface area contributed by atoms with Gasteiger partial charge in [0.15, 0.2) is 0 Å². The molecule has 102 valence electrons. The van der Waals surface area contributed by atoms with Gasteiger partial charge in [0.1, 0.15) is 10.5 Å². The molecule has 3 rings (SSSR count). The fourth-order valence-electron chi connectivity index (χ4n) is 2.03. The Morgan fingerprint density at radius 2 is 2.15 bits per heavy atom. The summed E-state index contributed by atoms with van der Waals surface area (Å²) >= 11 is 1.41. The van der Waals surface area contributed by atoms with E-state index in [0.29, 0.717) is 17.1 Å². The summed E-state index contributed by atoms with van der Waals surface area (Å²) in [6, 6.07) is 5.97. The van der Waals surface area contributed by atoms with Gasteiger partial charge in [0.05, 0.1) is 12.1 Å². The van der Waals surface area contributed by atoms with Crippen molar-refractivity contribution in [1.29, 1.82) is 0 Å². The van der Waals surface area contributed by atoms with Crippen molar-refractivity contribution in [2.45, 2.75) is 19.5 Å². The molecule has 0 unspecified atom stereocenters. The number of thiophene rings is 1. The molecule has 0 aliphatic carbocycles. The summed E-state index contributed by atoms with van der Waals surface area (Å²) in [5, 5.41) is 5.22. The van der Waals surface area contributed by atoms with Crippen LogP contribution in [0.3, 0.4) is 0 Å². The molecular formula is C14H14N4OS. The van der Waals surface area contributed by atoms with Crippen LogP contribution in [0.15, 0.2) is 40.8 Å². The first-order valence-electron chi connectivity index (χ1n) is 6.34. The molecule has 3 aromatic rings. The van der Waals surface area contributed by atoms with Crippen molar-refractivity contribution >= 4 is 21.6 Å². The van der Waals surface area contributed by atoms with Gasteiger partial charge in [-0.25, -0.2) is 4.98 Å². The molecule has 0 spiro atoms. The SMILES string of the molecule is C[C@@H](NCc1nc2ccsc2c(=O)[nH]1)c1ccncc1. The molecule has 2 N–H and O–H groups in total. The maximum absolute atomic E-state index is 11.9. The van der Waals surface area contributed by atoms with E-state index in [-0.39, 0.29) is 11.6 Å². The third kappa shape index (κ3) is 2.61. The Bertz CT molecular complexity index is 765. The molecule has 3 aromatic heterocycles. The standard InChI is InChI=1S/C14H14N4OS/c1-9(10-2-5-15-6-3-10)16-8-12-17-11-4-7-20-13(11)14(19)18-12/h2-7,9,16H,8H2,1H3,(H,17,18,19)/t9-/m1/s1. The smallest absolute Gasteiger partial charge is 0.268 e. The van der Waals surface area contributed by atoms with E-state index in [1.807, 2.05) is 23.6 Å². The second kappa shape index (κ2) is 5.52. The van der Waals surface area contributed by atoms with Crippen LogP contribution < -0.4 is 10.9 Å². The molecule has 0 aliphatic rings. The lowest BCUT2D eigenvalue weighted by Gasteiger charge is -2.13. The summed E-state index contributed by atoms with van der Waals surface area (Å²) in [5.41, 5.74) is 1.84. The Morgan fingerprint density at radius 1 is 1.35 bits per heavy atom. The monoisotopic (exact) mass is 286 g/mol. The molecule has 0 amide bonds. The molecule has 0 aliphatic heterocycles. The molecule has 3 heterocycles. The van der Waals surface area contributed by atoms with Gasteiger partial charge >= 0.3 is 0 Å². The molecule has 0 saturated heterocycles. The van der Waals surface area contributed by atoms with E-state index < -0.39 is 0 Å². The van der Waals surface area contributed by atoms with Gasteiger partial charge in [0, 0.05) is 18.4 Å². The van der Waals surface area contributed by atoms with Gasteiger partial charge in [0.2, 0.25) is 0 Å². The highest BCUT2D eigenvalue weighted by Gasteiger charge is 2.07. The van der Waals surface area contributed by atoms with Crippen LogP contribution in [-0.2, 0) is 6.54 Å². The summed E-state index contributed by atoms with van der Waals surface area (Å²) in [6.07, 6.45) is 3.54. The normalized spacial score (nSPS) is 12.7. The number of aromatic amines is 1. The first-order valence-corrected chi connectivity index (χ1v) is 7.22. The zero-order valence-corrected chi connectivity index (χ0v) is 11.8. The second-order valence-corrected chi connectivity index (χ2v) is 5.45. The van der Waals surface area contributed by atoms with Crippen molar-refractivity contribution < 1.29 is 0 Å². The van der Waals surface area contributed by atoms with Crippen LogP contribution in [0.2, 0.25) is 0 Å². The van der Waals surface area contributed by atoms with E-state index in [2.05, 4.69) is 27.2 Å². The Kier molecular flexibility index (Phi) is 3.58. The van der Waals surface area contributed by atoms with Crippen LogP contribution >= 0.6 is 11.3 Å². The average molecular weight is 286 g/mol. The fraction of sp³-hybridized carbons (Fsp3) is 0.214. The Labute approximate surface area is 119 Å². The lowest BCUT2D eigenvalue weighted by Crippen LogP contribution is -2.21. The Morgan fingerprint density at radius 3 is 2.95 bits per heavy atom. The topological polar surface area (TPSA) is 70.7 Å². The average Bonchev–Trinajstić information content (AvgIpc) is 2.94. The zero-order valence-electron chi connectivity index (χ0n) is 11.0. The maximum Gasteiger partial charge on any atom is 0.268 e. The summed E-state index contributed by atoms with van der Waals surface area (Å²) in [5.74, 6) is 0.654. The first kappa shape index (κ1) is 13.0. The minimum atomic E-state index is -0.0710. The second-order valence-electron chi connectivity index (χ2n) is 4.53. The number of nitrogens with zero attached hydrogens (tertiary/aromatic N) is 2. The molecule has 0 saturated carbocycles. The number of rotatable bonds is 4. The highest BCUT2D eigenvalue weighted by atomic mass is 32.1. The van der Waals surface area contributed by atoms with Crippen molar-refractivity contribution in [3.63, 3.8) is 0 Å². The van der Waals surface area contributed by atoms with Crippen molar-refractivity contribution in [3.8, 4) is 0 Å². The molecule has 1 atom stereocenters. The highest BCUT2D eigenvalue weighted by Crippen LogP contribution is 2.14. The van der Waals surface area contributed by atoms with Crippen molar-refractivity contribution in [1.82, 2.24) is 20.3 Å². The summed E-state index contributed by atoms with van der Waals surface area (Å²) < 4.78 is 0.677. The number of aromatic nitrogens is 3. The zero-order chi connectivity index (χ0) is 13.9. The van der Waals surface area contributed by atoms with Crippen LogP contribution in [0.5, 0.6) is 0 Å². The molecule has 0 radical (unpaired) electrons. The van der Waals surface area contributed by atoms with Crippen molar-refractivity contribution in [3.05, 3.63) is 57.7 Å². The predicted octanol–water partition coefficient (Wildman–Crippen LogP) is 2.23. The number of pyridine rings is 1. The first-order chi connectivity index (χ1) is 9.74. The van der Waals surface area contributed by atoms with Gasteiger partial charge in [-0.1, -0.05) is 0 Å². The van der Waals surface area contributed by atoms with Crippen LogP contribution in [0, 0.1) is 0 Å². The molecule has 0 aromatic carbocycles. The van der Waals surface area contributed by atoms with E-state index in [9.17, 15) is 4.79 Å². The molecule has 20 heavy (non-hydrogen) atoms. The summed E-state index contributed by atoms with van der Waals surface area (Å²) in [4.78, 5) is 23.1. The predicted molar refractivity (Wildman–Crippen MR) is 79.7 cm³/mol. The number of hydrogen-bond acceptors (Lipinski definition) is 5. The minimum absolute atomic E-state index is 0.0710. The molecule has 5 nitrogen and oxygen atoms in total. The van der Waals surface area contributed by atoms with Crippen molar-refractivity contribution in [2.75, 3.05) is 0 Å². The molecule has 0 fully saturated rings. The van der Waals surface area contributed by atoms with Crippen LogP contribution in [0.4, 0.5) is 0 Å². The molecule has 6 heteroatoms. The largest absolute Gasteiger partial charge is 0.308 e. The van der Waals surface area contributed by atoms with Gasteiger partial charge in [-0.2, -0.15) is 0 Å². The van der Waals surface area contributed by atoms with E-state index >= 15 is 0 Å². The lowest BCUT2D eigenvalue weighted by atomic mass is 10.1. The number of H-pyrrole nitrogens is 1. The van der Waals surface area contributed by atoms with E-state index in [1.165, 1.54) is 11.3 Å². The minimum Gasteiger partial charge on any atom is -0.308 e. The maximum atomic E-state index is 11.9.